The molecule has 0 unspecified atom stereocenters. The quantitative estimate of drug-likeness (QED) is 0.669. The van der Waals surface area contributed by atoms with Gasteiger partial charge in [-0.1, -0.05) is 18.2 Å². The summed E-state index contributed by atoms with van der Waals surface area (Å²) in [7, 11) is 1.64. The van der Waals surface area contributed by atoms with E-state index in [1.807, 2.05) is 36.4 Å². The fourth-order valence-electron chi connectivity index (χ4n) is 3.34. The van der Waals surface area contributed by atoms with Crippen molar-refractivity contribution in [1.82, 2.24) is 4.90 Å². The first-order chi connectivity index (χ1) is 13.2. The fraction of sp³-hybridized carbons (Fsp3) is 0.238. The van der Waals surface area contributed by atoms with Crippen molar-refractivity contribution < 1.29 is 13.9 Å². The van der Waals surface area contributed by atoms with Crippen LogP contribution in [0.5, 0.6) is 5.75 Å². The Balaban J connectivity index is 1.48. The minimum absolute atomic E-state index is 0.0894. The second-order valence-corrected chi connectivity index (χ2v) is 6.46. The number of para-hydroxylation sites is 1. The lowest BCUT2D eigenvalue weighted by atomic mass is 10.1. The number of ether oxygens (including phenoxy) is 1. The number of rotatable bonds is 3. The van der Waals surface area contributed by atoms with Crippen molar-refractivity contribution in [2.75, 3.05) is 38.2 Å². The van der Waals surface area contributed by atoms with Crippen molar-refractivity contribution in [3.05, 3.63) is 70.6 Å². The number of carbonyl (C=O) groups excluding carboxylic acids is 1. The van der Waals surface area contributed by atoms with Gasteiger partial charge >= 0.3 is 5.63 Å². The number of hydrogen-bond acceptors (Lipinski definition) is 5. The molecule has 0 aliphatic carbocycles. The van der Waals surface area contributed by atoms with E-state index in [1.165, 1.54) is 0 Å². The highest BCUT2D eigenvalue weighted by atomic mass is 16.5. The molecule has 6 nitrogen and oxygen atoms in total. The Morgan fingerprint density at radius 2 is 1.70 bits per heavy atom. The molecular formula is C21H20N2O4. The second-order valence-electron chi connectivity index (χ2n) is 6.46. The summed E-state index contributed by atoms with van der Waals surface area (Å²) >= 11 is 0. The number of nitrogens with zero attached hydrogens (tertiary/aromatic N) is 2. The van der Waals surface area contributed by atoms with Gasteiger partial charge in [0.05, 0.1) is 7.11 Å². The summed E-state index contributed by atoms with van der Waals surface area (Å²) < 4.78 is 10.5. The van der Waals surface area contributed by atoms with Gasteiger partial charge in [-0.3, -0.25) is 4.79 Å². The predicted octanol–water partition coefficient (Wildman–Crippen LogP) is 2.76. The van der Waals surface area contributed by atoms with Crippen molar-refractivity contribution in [3.63, 3.8) is 0 Å². The summed E-state index contributed by atoms with van der Waals surface area (Å²) in [5.74, 6) is 0.541. The van der Waals surface area contributed by atoms with E-state index in [-0.39, 0.29) is 11.5 Å². The molecule has 1 aliphatic heterocycles. The normalized spacial score (nSPS) is 14.4. The molecule has 3 aromatic rings. The van der Waals surface area contributed by atoms with E-state index in [1.54, 1.807) is 30.2 Å². The summed E-state index contributed by atoms with van der Waals surface area (Å²) in [6.45, 7) is 2.52. The zero-order valence-electron chi connectivity index (χ0n) is 15.1. The van der Waals surface area contributed by atoms with E-state index >= 15 is 0 Å². The molecule has 27 heavy (non-hydrogen) atoms. The molecular weight excluding hydrogens is 344 g/mol. The topological polar surface area (TPSA) is 63.0 Å². The molecule has 138 valence electrons. The molecule has 0 N–H and O–H groups in total. The molecule has 0 bridgehead atoms. The third-order valence-corrected chi connectivity index (χ3v) is 4.88. The zero-order chi connectivity index (χ0) is 18.8. The molecule has 1 fully saturated rings. The van der Waals surface area contributed by atoms with Gasteiger partial charge in [0.1, 0.15) is 16.9 Å². The van der Waals surface area contributed by atoms with Crippen LogP contribution in [0.2, 0.25) is 0 Å². The maximum absolute atomic E-state index is 12.8. The van der Waals surface area contributed by atoms with Crippen LogP contribution in [-0.2, 0) is 0 Å². The average Bonchev–Trinajstić information content (AvgIpc) is 2.73. The van der Waals surface area contributed by atoms with Gasteiger partial charge < -0.3 is 19.0 Å². The Morgan fingerprint density at radius 1 is 1.00 bits per heavy atom. The smallest absolute Gasteiger partial charge is 0.349 e. The van der Waals surface area contributed by atoms with E-state index in [0.29, 0.717) is 31.8 Å². The Hall–Kier alpha value is -3.28. The molecule has 2 aromatic carbocycles. The summed E-state index contributed by atoms with van der Waals surface area (Å²) in [4.78, 5) is 29.0. The van der Waals surface area contributed by atoms with Crippen molar-refractivity contribution in [1.29, 1.82) is 0 Å². The number of carbonyl (C=O) groups is 1. The maximum Gasteiger partial charge on any atom is 0.349 e. The lowest BCUT2D eigenvalue weighted by Gasteiger charge is -2.36. The Morgan fingerprint density at radius 3 is 2.41 bits per heavy atom. The lowest BCUT2D eigenvalue weighted by molar-refractivity contribution is 0.0742. The molecule has 1 aromatic heterocycles. The van der Waals surface area contributed by atoms with Crippen LogP contribution in [0.15, 0.2) is 63.8 Å². The van der Waals surface area contributed by atoms with Crippen LogP contribution in [0, 0.1) is 0 Å². The summed E-state index contributed by atoms with van der Waals surface area (Å²) in [6, 6.07) is 16.7. The van der Waals surface area contributed by atoms with Gasteiger partial charge in [-0.2, -0.15) is 0 Å². The van der Waals surface area contributed by atoms with Crippen LogP contribution in [0.25, 0.3) is 11.0 Å². The van der Waals surface area contributed by atoms with Gasteiger partial charge in [0, 0.05) is 37.3 Å². The van der Waals surface area contributed by atoms with Gasteiger partial charge in [0.25, 0.3) is 5.91 Å². The van der Waals surface area contributed by atoms with Crippen LogP contribution in [0.1, 0.15) is 10.4 Å². The third kappa shape index (κ3) is 3.38. The summed E-state index contributed by atoms with van der Waals surface area (Å²) in [5.41, 5.74) is 1.08. The SMILES string of the molecule is COc1ccc(N2CCN(C(=O)c3cc4ccccc4oc3=O)CC2)cc1. The number of piperazine rings is 1. The molecule has 1 amide bonds. The Labute approximate surface area is 156 Å². The van der Waals surface area contributed by atoms with Crippen LogP contribution >= 0.6 is 0 Å². The molecule has 1 saturated heterocycles. The van der Waals surface area contributed by atoms with Crippen molar-refractivity contribution in [3.8, 4) is 5.75 Å². The third-order valence-electron chi connectivity index (χ3n) is 4.88. The molecule has 2 heterocycles. The van der Waals surface area contributed by atoms with Crippen LogP contribution in [0.3, 0.4) is 0 Å². The number of anilines is 1. The van der Waals surface area contributed by atoms with E-state index in [4.69, 9.17) is 9.15 Å². The minimum Gasteiger partial charge on any atom is -0.497 e. The fourth-order valence-corrected chi connectivity index (χ4v) is 3.34. The lowest BCUT2D eigenvalue weighted by Crippen LogP contribution is -2.49. The van der Waals surface area contributed by atoms with E-state index in [0.717, 1.165) is 16.8 Å². The molecule has 0 radical (unpaired) electrons. The molecule has 0 saturated carbocycles. The van der Waals surface area contributed by atoms with Crippen LogP contribution in [0.4, 0.5) is 5.69 Å². The van der Waals surface area contributed by atoms with Gasteiger partial charge in [0.2, 0.25) is 0 Å². The predicted molar refractivity (Wildman–Crippen MR) is 104 cm³/mol. The number of methoxy groups -OCH3 is 1. The maximum atomic E-state index is 12.8. The van der Waals surface area contributed by atoms with Crippen molar-refractivity contribution in [2.45, 2.75) is 0 Å². The van der Waals surface area contributed by atoms with E-state index in [9.17, 15) is 9.59 Å². The van der Waals surface area contributed by atoms with Crippen LogP contribution in [-0.4, -0.2) is 44.1 Å². The summed E-state index contributed by atoms with van der Waals surface area (Å²) in [5, 5.41) is 0.748. The highest BCUT2D eigenvalue weighted by Crippen LogP contribution is 2.21. The van der Waals surface area contributed by atoms with Gasteiger partial charge in [-0.25, -0.2) is 4.79 Å². The molecule has 0 spiro atoms. The highest BCUT2D eigenvalue weighted by molar-refractivity contribution is 5.96. The molecule has 1 aliphatic rings. The van der Waals surface area contributed by atoms with Gasteiger partial charge in [-0.05, 0) is 36.4 Å². The first-order valence-electron chi connectivity index (χ1n) is 8.87. The van der Waals surface area contributed by atoms with Crippen molar-refractivity contribution in [2.24, 2.45) is 0 Å². The Kier molecular flexibility index (Phi) is 4.54. The number of hydrogen-bond donors (Lipinski definition) is 0. The second kappa shape index (κ2) is 7.15. The van der Waals surface area contributed by atoms with Gasteiger partial charge in [-0.15, -0.1) is 0 Å². The number of benzene rings is 2. The largest absolute Gasteiger partial charge is 0.497 e. The van der Waals surface area contributed by atoms with E-state index < -0.39 is 5.63 Å². The Bertz CT molecular complexity index is 1020. The highest BCUT2D eigenvalue weighted by Gasteiger charge is 2.25. The zero-order valence-corrected chi connectivity index (χ0v) is 15.1. The standard InChI is InChI=1S/C21H20N2O4/c1-26-17-8-6-16(7-9-17)22-10-12-23(13-11-22)20(24)18-14-15-4-2-3-5-19(15)27-21(18)25/h2-9,14H,10-13H2,1H3. The molecule has 6 heteroatoms. The first kappa shape index (κ1) is 17.1. The monoisotopic (exact) mass is 364 g/mol. The van der Waals surface area contributed by atoms with E-state index in [2.05, 4.69) is 4.90 Å². The summed E-state index contributed by atoms with van der Waals surface area (Å²) in [6.07, 6.45) is 0. The minimum atomic E-state index is -0.587. The van der Waals surface area contributed by atoms with Crippen molar-refractivity contribution >= 4 is 22.6 Å². The average molecular weight is 364 g/mol. The number of fused-ring (bicyclic) bond motifs is 1. The molecule has 4 rings (SSSR count). The van der Waals surface area contributed by atoms with Crippen LogP contribution < -0.4 is 15.3 Å². The number of amides is 1. The molecule has 0 atom stereocenters. The first-order valence-corrected chi connectivity index (χ1v) is 8.87. The van der Waals surface area contributed by atoms with Gasteiger partial charge in [0.15, 0.2) is 0 Å².